The molecule has 0 radical (unpaired) electrons. The van der Waals surface area contributed by atoms with Crippen molar-refractivity contribution in [3.63, 3.8) is 0 Å². The van der Waals surface area contributed by atoms with Crippen molar-refractivity contribution in [3.05, 3.63) is 112 Å². The Labute approximate surface area is 236 Å². The van der Waals surface area contributed by atoms with E-state index in [1.165, 1.54) is 30.1 Å². The van der Waals surface area contributed by atoms with Gasteiger partial charge in [-0.1, -0.05) is 46.7 Å². The van der Waals surface area contributed by atoms with E-state index in [-0.39, 0.29) is 11.1 Å². The minimum atomic E-state index is -0.814. The van der Waals surface area contributed by atoms with Crippen LogP contribution in [0.15, 0.2) is 80.1 Å². The molecule has 5 rings (SSSR count). The number of carbonyl (C=O) groups is 2. The van der Waals surface area contributed by atoms with Gasteiger partial charge in [0.15, 0.2) is 4.80 Å². The Morgan fingerprint density at radius 1 is 1.00 bits per heavy atom. The smallest absolute Gasteiger partial charge is 0.338 e. The molecule has 8 nitrogen and oxygen atoms in total. The summed E-state index contributed by atoms with van der Waals surface area (Å²) in [6.45, 7) is 1.69. The van der Waals surface area contributed by atoms with Crippen molar-refractivity contribution in [1.29, 1.82) is 0 Å². The highest BCUT2D eigenvalue weighted by Gasteiger charge is 2.33. The number of fused-ring (bicyclic) bond motifs is 1. The molecule has 198 valence electrons. The van der Waals surface area contributed by atoms with E-state index in [1.807, 2.05) is 0 Å². The molecule has 0 N–H and O–H groups in total. The third-order valence-electron chi connectivity index (χ3n) is 6.18. The van der Waals surface area contributed by atoms with Gasteiger partial charge in [0.1, 0.15) is 11.5 Å². The number of allylic oxidation sites excluding steroid dienone is 1. The fourth-order valence-corrected chi connectivity index (χ4v) is 5.62. The molecule has 0 bridgehead atoms. The molecule has 3 heterocycles. The lowest BCUT2D eigenvalue weighted by Gasteiger charge is -2.24. The monoisotopic (exact) mass is 582 g/mol. The Kier molecular flexibility index (Phi) is 7.31. The first-order valence-corrected chi connectivity index (χ1v) is 13.1. The van der Waals surface area contributed by atoms with Gasteiger partial charge < -0.3 is 13.9 Å². The standard InChI is InChI=1S/C28H20Cl2N2O6S/c1-14-23(27(35)37-3)24(15-4-6-16(7-5-15)26(34)36-2)32-25(33)22(39-28(32)31-14)13-18-9-11-21(38-18)17-8-10-19(29)20(30)12-17/h4-13,24H,1-3H3. The fourth-order valence-electron chi connectivity index (χ4n) is 4.29. The molecule has 1 aliphatic heterocycles. The minimum Gasteiger partial charge on any atom is -0.466 e. The maximum atomic E-state index is 13.7. The predicted molar refractivity (Wildman–Crippen MR) is 148 cm³/mol. The van der Waals surface area contributed by atoms with E-state index in [9.17, 15) is 14.4 Å². The van der Waals surface area contributed by atoms with Crippen LogP contribution < -0.4 is 14.9 Å². The normalized spacial score (nSPS) is 15.1. The third-order valence-corrected chi connectivity index (χ3v) is 7.90. The van der Waals surface area contributed by atoms with Crippen LogP contribution in [0.1, 0.15) is 34.6 Å². The van der Waals surface area contributed by atoms with Gasteiger partial charge in [-0.05, 0) is 55.0 Å². The van der Waals surface area contributed by atoms with Crippen molar-refractivity contribution < 1.29 is 23.5 Å². The number of benzene rings is 2. The number of aromatic nitrogens is 1. The van der Waals surface area contributed by atoms with E-state index in [2.05, 4.69) is 4.99 Å². The molecule has 0 amide bonds. The van der Waals surface area contributed by atoms with E-state index in [0.29, 0.717) is 47.7 Å². The number of nitrogens with zero attached hydrogens (tertiary/aromatic N) is 2. The SMILES string of the molecule is COC(=O)C1=C(C)N=c2sc(=Cc3ccc(-c4ccc(Cl)c(Cl)c4)o3)c(=O)n2C1c1ccc(C(=O)OC)cc1. The first-order chi connectivity index (χ1) is 18.7. The summed E-state index contributed by atoms with van der Waals surface area (Å²) in [6.07, 6.45) is 1.62. The molecule has 11 heteroatoms. The maximum Gasteiger partial charge on any atom is 0.338 e. The first kappa shape index (κ1) is 26.7. The minimum absolute atomic E-state index is 0.224. The summed E-state index contributed by atoms with van der Waals surface area (Å²) < 4.78 is 17.6. The van der Waals surface area contributed by atoms with Crippen LogP contribution in [-0.4, -0.2) is 30.7 Å². The summed E-state index contributed by atoms with van der Waals surface area (Å²) in [7, 11) is 2.57. The lowest BCUT2D eigenvalue weighted by atomic mass is 9.95. The summed E-state index contributed by atoms with van der Waals surface area (Å²) in [6, 6.07) is 14.4. The number of methoxy groups -OCH3 is 2. The number of thiazole rings is 1. The number of hydrogen-bond donors (Lipinski definition) is 0. The largest absolute Gasteiger partial charge is 0.466 e. The van der Waals surface area contributed by atoms with Gasteiger partial charge >= 0.3 is 11.9 Å². The fraction of sp³-hybridized carbons (Fsp3) is 0.143. The highest BCUT2D eigenvalue weighted by atomic mass is 35.5. The number of rotatable bonds is 5. The van der Waals surface area contributed by atoms with Crippen molar-refractivity contribution in [1.82, 2.24) is 4.57 Å². The van der Waals surface area contributed by atoms with E-state index in [0.717, 1.165) is 5.56 Å². The van der Waals surface area contributed by atoms with Crippen LogP contribution >= 0.6 is 34.5 Å². The van der Waals surface area contributed by atoms with Gasteiger partial charge in [-0.2, -0.15) is 0 Å². The molecular weight excluding hydrogens is 563 g/mol. The number of furan rings is 1. The molecule has 39 heavy (non-hydrogen) atoms. The second-order valence-electron chi connectivity index (χ2n) is 8.52. The van der Waals surface area contributed by atoms with Gasteiger partial charge in [0.2, 0.25) is 0 Å². The van der Waals surface area contributed by atoms with Gasteiger partial charge in [0, 0.05) is 11.6 Å². The summed E-state index contributed by atoms with van der Waals surface area (Å²) in [5.41, 5.74) is 1.97. The van der Waals surface area contributed by atoms with Crippen LogP contribution in [0.3, 0.4) is 0 Å². The van der Waals surface area contributed by atoms with Crippen molar-refractivity contribution >= 4 is 52.6 Å². The average molecular weight is 583 g/mol. The average Bonchev–Trinajstić information content (AvgIpc) is 3.53. The second-order valence-corrected chi connectivity index (χ2v) is 10.3. The lowest BCUT2D eigenvalue weighted by Crippen LogP contribution is -2.39. The summed E-state index contributed by atoms with van der Waals surface area (Å²) in [5, 5.41) is 0.834. The molecule has 1 aliphatic rings. The number of carbonyl (C=O) groups excluding carboxylic acids is 2. The van der Waals surface area contributed by atoms with Crippen LogP contribution in [0.4, 0.5) is 0 Å². The molecule has 0 aliphatic carbocycles. The number of ether oxygens (including phenoxy) is 2. The van der Waals surface area contributed by atoms with Gasteiger partial charge in [-0.25, -0.2) is 14.6 Å². The first-order valence-electron chi connectivity index (χ1n) is 11.6. The predicted octanol–water partition coefficient (Wildman–Crippen LogP) is 4.76. The zero-order chi connectivity index (χ0) is 27.8. The quantitative estimate of drug-likeness (QED) is 0.314. The Balaban J connectivity index is 1.62. The van der Waals surface area contributed by atoms with Crippen LogP contribution in [0.25, 0.3) is 17.4 Å². The Bertz CT molecular complexity index is 1830. The van der Waals surface area contributed by atoms with Crippen LogP contribution in [0.2, 0.25) is 10.0 Å². The topological polar surface area (TPSA) is 100 Å². The van der Waals surface area contributed by atoms with E-state index in [4.69, 9.17) is 37.1 Å². The third kappa shape index (κ3) is 4.96. The zero-order valence-electron chi connectivity index (χ0n) is 20.9. The summed E-state index contributed by atoms with van der Waals surface area (Å²) >= 11 is 13.3. The lowest BCUT2D eigenvalue weighted by molar-refractivity contribution is -0.136. The van der Waals surface area contributed by atoms with Gasteiger partial charge in [-0.3, -0.25) is 9.36 Å². The molecule has 2 aromatic carbocycles. The molecule has 4 aromatic rings. The number of esters is 2. The molecule has 0 spiro atoms. The molecule has 1 unspecified atom stereocenters. The number of hydrogen-bond acceptors (Lipinski definition) is 8. The van der Waals surface area contributed by atoms with Crippen molar-refractivity contribution in [2.24, 2.45) is 4.99 Å². The van der Waals surface area contributed by atoms with Crippen molar-refractivity contribution in [2.45, 2.75) is 13.0 Å². The van der Waals surface area contributed by atoms with E-state index < -0.39 is 18.0 Å². The van der Waals surface area contributed by atoms with Crippen molar-refractivity contribution in [2.75, 3.05) is 14.2 Å². The van der Waals surface area contributed by atoms with Crippen LogP contribution in [0.5, 0.6) is 0 Å². The van der Waals surface area contributed by atoms with Crippen LogP contribution in [-0.2, 0) is 14.3 Å². The number of halogens is 2. The van der Waals surface area contributed by atoms with Crippen molar-refractivity contribution in [3.8, 4) is 11.3 Å². The molecule has 0 saturated carbocycles. The Morgan fingerprint density at radius 3 is 2.38 bits per heavy atom. The Morgan fingerprint density at radius 2 is 1.72 bits per heavy atom. The molecular formula is C28H20Cl2N2O6S. The molecule has 1 atom stereocenters. The summed E-state index contributed by atoms with van der Waals surface area (Å²) in [4.78, 5) is 43.4. The summed E-state index contributed by atoms with van der Waals surface area (Å²) in [5.74, 6) is -0.0989. The Hall–Kier alpha value is -3.92. The van der Waals surface area contributed by atoms with Crippen LogP contribution in [0, 0.1) is 0 Å². The molecule has 0 saturated heterocycles. The molecule has 2 aromatic heterocycles. The zero-order valence-corrected chi connectivity index (χ0v) is 23.2. The van der Waals surface area contributed by atoms with E-state index in [1.54, 1.807) is 67.6 Å². The second kappa shape index (κ2) is 10.7. The maximum absolute atomic E-state index is 13.7. The molecule has 0 fully saturated rings. The highest BCUT2D eigenvalue weighted by Crippen LogP contribution is 2.32. The van der Waals surface area contributed by atoms with Gasteiger partial charge in [0.05, 0.1) is 51.7 Å². The van der Waals surface area contributed by atoms with Gasteiger partial charge in [-0.15, -0.1) is 0 Å². The van der Waals surface area contributed by atoms with Gasteiger partial charge in [0.25, 0.3) is 5.56 Å². The van der Waals surface area contributed by atoms with E-state index >= 15 is 0 Å². The highest BCUT2D eigenvalue weighted by molar-refractivity contribution is 7.07.